The average Bonchev–Trinajstić information content (AvgIpc) is 2.04. The van der Waals surface area contributed by atoms with Crippen LogP contribution in [0.25, 0.3) is 0 Å². The molecule has 1 heteroatoms. The van der Waals surface area contributed by atoms with Gasteiger partial charge in [-0.1, -0.05) is 12.2 Å². The van der Waals surface area contributed by atoms with Gasteiger partial charge in [0.15, 0.2) is 0 Å². The van der Waals surface area contributed by atoms with Crippen LogP contribution in [0.5, 0.6) is 0 Å². The first kappa shape index (κ1) is 8.79. The van der Waals surface area contributed by atoms with Crippen LogP contribution in [0.2, 0.25) is 0 Å². The van der Waals surface area contributed by atoms with E-state index in [-0.39, 0.29) is 0 Å². The van der Waals surface area contributed by atoms with Crippen molar-refractivity contribution in [2.75, 3.05) is 20.1 Å². The normalized spacial score (nSPS) is 23.1. The average molecular weight is 153 g/mol. The van der Waals surface area contributed by atoms with Crippen LogP contribution >= 0.6 is 0 Å². The predicted octanol–water partition coefficient (Wildman–Crippen LogP) is 2.29. The number of allylic oxidation sites excluding steroid dienone is 2. The Morgan fingerprint density at radius 1 is 1.36 bits per heavy atom. The number of hydrogen-bond donors (Lipinski definition) is 0. The van der Waals surface area contributed by atoms with Crippen LogP contribution in [-0.4, -0.2) is 25.0 Å². The first-order chi connectivity index (χ1) is 5.33. The highest BCUT2D eigenvalue weighted by Gasteiger charge is 2.14. The van der Waals surface area contributed by atoms with Crippen molar-refractivity contribution in [3.8, 4) is 0 Å². The summed E-state index contributed by atoms with van der Waals surface area (Å²) in [6.07, 6.45) is 8.54. The van der Waals surface area contributed by atoms with E-state index in [1.165, 1.54) is 32.4 Å². The Bertz CT molecular complexity index is 121. The summed E-state index contributed by atoms with van der Waals surface area (Å²) < 4.78 is 0. The van der Waals surface area contributed by atoms with Crippen LogP contribution < -0.4 is 0 Å². The molecule has 0 amide bonds. The summed E-state index contributed by atoms with van der Waals surface area (Å²) in [6.45, 7) is 4.69. The molecule has 0 aromatic heterocycles. The maximum absolute atomic E-state index is 2.42. The summed E-state index contributed by atoms with van der Waals surface area (Å²) in [4.78, 5) is 2.42. The third-order valence-corrected chi connectivity index (χ3v) is 2.54. The summed E-state index contributed by atoms with van der Waals surface area (Å²) in [5, 5.41) is 0. The monoisotopic (exact) mass is 153 g/mol. The topological polar surface area (TPSA) is 3.24 Å². The van der Waals surface area contributed by atoms with Gasteiger partial charge in [0.25, 0.3) is 0 Å². The molecule has 0 unspecified atom stereocenters. The van der Waals surface area contributed by atoms with Crippen molar-refractivity contribution >= 4 is 0 Å². The maximum atomic E-state index is 2.42. The van der Waals surface area contributed by atoms with Gasteiger partial charge in [0.2, 0.25) is 0 Å². The van der Waals surface area contributed by atoms with Gasteiger partial charge in [-0.05, 0) is 52.2 Å². The molecule has 1 saturated heterocycles. The summed E-state index contributed by atoms with van der Waals surface area (Å²) in [5.74, 6) is 0.961. The molecule has 1 aliphatic heterocycles. The highest BCUT2D eigenvalue weighted by Crippen LogP contribution is 2.19. The van der Waals surface area contributed by atoms with E-state index in [2.05, 4.69) is 31.0 Å². The van der Waals surface area contributed by atoms with Crippen molar-refractivity contribution in [3.05, 3.63) is 12.2 Å². The SMILES string of the molecule is C/C=C/CC1CCN(C)CC1. The molecule has 64 valence electrons. The first-order valence-electron chi connectivity index (χ1n) is 4.62. The lowest BCUT2D eigenvalue weighted by Gasteiger charge is -2.28. The van der Waals surface area contributed by atoms with E-state index < -0.39 is 0 Å². The minimum absolute atomic E-state index is 0.961. The Morgan fingerprint density at radius 3 is 2.55 bits per heavy atom. The Balaban J connectivity index is 2.17. The second-order valence-corrected chi connectivity index (χ2v) is 3.55. The zero-order valence-electron chi connectivity index (χ0n) is 7.71. The molecule has 0 N–H and O–H groups in total. The Labute approximate surface area is 70.1 Å². The fraction of sp³-hybridized carbons (Fsp3) is 0.800. The van der Waals surface area contributed by atoms with Crippen LogP contribution in [0.3, 0.4) is 0 Å². The van der Waals surface area contributed by atoms with Crippen LogP contribution in [0.15, 0.2) is 12.2 Å². The van der Waals surface area contributed by atoms with Crippen molar-refractivity contribution in [2.24, 2.45) is 5.92 Å². The Kier molecular flexibility index (Phi) is 3.64. The van der Waals surface area contributed by atoms with E-state index in [0.717, 1.165) is 5.92 Å². The van der Waals surface area contributed by atoms with Crippen LogP contribution in [0.1, 0.15) is 26.2 Å². The van der Waals surface area contributed by atoms with Crippen molar-refractivity contribution < 1.29 is 0 Å². The summed E-state index contributed by atoms with van der Waals surface area (Å²) in [7, 11) is 2.21. The number of likely N-dealkylation sites (tertiary alicyclic amines) is 1. The Morgan fingerprint density at radius 2 is 2.00 bits per heavy atom. The molecular weight excluding hydrogens is 134 g/mol. The molecule has 0 saturated carbocycles. The fourth-order valence-corrected chi connectivity index (χ4v) is 1.63. The molecule has 0 bridgehead atoms. The van der Waals surface area contributed by atoms with Gasteiger partial charge >= 0.3 is 0 Å². The summed E-state index contributed by atoms with van der Waals surface area (Å²) in [6, 6.07) is 0. The number of nitrogens with zero attached hydrogens (tertiary/aromatic N) is 1. The zero-order chi connectivity index (χ0) is 8.10. The lowest BCUT2D eigenvalue weighted by atomic mass is 9.94. The van der Waals surface area contributed by atoms with Crippen molar-refractivity contribution in [3.63, 3.8) is 0 Å². The third-order valence-electron chi connectivity index (χ3n) is 2.54. The number of piperidine rings is 1. The largest absolute Gasteiger partial charge is 0.306 e. The first-order valence-corrected chi connectivity index (χ1v) is 4.62. The van der Waals surface area contributed by atoms with Gasteiger partial charge in [-0.2, -0.15) is 0 Å². The van der Waals surface area contributed by atoms with Gasteiger partial charge in [0.1, 0.15) is 0 Å². The van der Waals surface area contributed by atoms with Gasteiger partial charge < -0.3 is 4.90 Å². The maximum Gasteiger partial charge on any atom is -0.00190 e. The highest BCUT2D eigenvalue weighted by molar-refractivity contribution is 4.82. The van der Waals surface area contributed by atoms with E-state index >= 15 is 0 Å². The second-order valence-electron chi connectivity index (χ2n) is 3.55. The molecule has 0 aromatic rings. The quantitative estimate of drug-likeness (QED) is 0.550. The van der Waals surface area contributed by atoms with Gasteiger partial charge in [-0.25, -0.2) is 0 Å². The zero-order valence-corrected chi connectivity index (χ0v) is 7.71. The molecular formula is C10H19N. The molecule has 0 spiro atoms. The predicted molar refractivity (Wildman–Crippen MR) is 49.7 cm³/mol. The van der Waals surface area contributed by atoms with E-state index in [4.69, 9.17) is 0 Å². The lowest BCUT2D eigenvalue weighted by molar-refractivity contribution is 0.221. The van der Waals surface area contributed by atoms with Gasteiger partial charge in [-0.15, -0.1) is 0 Å². The van der Waals surface area contributed by atoms with E-state index in [9.17, 15) is 0 Å². The molecule has 1 aliphatic rings. The molecule has 1 heterocycles. The molecule has 1 nitrogen and oxygen atoms in total. The van der Waals surface area contributed by atoms with Gasteiger partial charge in [0.05, 0.1) is 0 Å². The van der Waals surface area contributed by atoms with E-state index in [0.29, 0.717) is 0 Å². The molecule has 1 rings (SSSR count). The minimum Gasteiger partial charge on any atom is -0.306 e. The number of rotatable bonds is 2. The minimum atomic E-state index is 0.961. The van der Waals surface area contributed by atoms with E-state index in [1.54, 1.807) is 0 Å². The van der Waals surface area contributed by atoms with Crippen molar-refractivity contribution in [1.82, 2.24) is 4.90 Å². The smallest absolute Gasteiger partial charge is 0.00190 e. The molecule has 0 aliphatic carbocycles. The Hall–Kier alpha value is -0.300. The second kappa shape index (κ2) is 4.55. The van der Waals surface area contributed by atoms with Gasteiger partial charge in [0, 0.05) is 0 Å². The highest BCUT2D eigenvalue weighted by atomic mass is 15.1. The lowest BCUT2D eigenvalue weighted by Crippen LogP contribution is -2.29. The molecule has 0 radical (unpaired) electrons. The standard InChI is InChI=1S/C10H19N/c1-3-4-5-10-6-8-11(2)9-7-10/h3-4,10H,5-9H2,1-2H3/b4-3+. The van der Waals surface area contributed by atoms with Crippen molar-refractivity contribution in [2.45, 2.75) is 26.2 Å². The molecule has 0 aromatic carbocycles. The molecule has 11 heavy (non-hydrogen) atoms. The molecule has 0 atom stereocenters. The van der Waals surface area contributed by atoms with E-state index in [1.807, 2.05) is 0 Å². The van der Waals surface area contributed by atoms with Crippen molar-refractivity contribution in [1.29, 1.82) is 0 Å². The van der Waals surface area contributed by atoms with Crippen LogP contribution in [-0.2, 0) is 0 Å². The van der Waals surface area contributed by atoms with Gasteiger partial charge in [-0.3, -0.25) is 0 Å². The third kappa shape index (κ3) is 3.06. The summed E-state index contributed by atoms with van der Waals surface area (Å²) in [5.41, 5.74) is 0. The number of hydrogen-bond acceptors (Lipinski definition) is 1. The summed E-state index contributed by atoms with van der Waals surface area (Å²) >= 11 is 0. The molecule has 1 fully saturated rings. The van der Waals surface area contributed by atoms with Crippen LogP contribution in [0.4, 0.5) is 0 Å². The van der Waals surface area contributed by atoms with Crippen LogP contribution in [0, 0.1) is 5.92 Å². The fourth-order valence-electron chi connectivity index (χ4n) is 1.63.